The minimum Gasteiger partial charge on any atom is -0.346 e. The van der Waals surface area contributed by atoms with E-state index in [0.717, 1.165) is 30.2 Å². The molecule has 0 fully saturated rings. The molecule has 0 saturated carbocycles. The highest BCUT2D eigenvalue weighted by Crippen LogP contribution is 2.15. The number of aryl methyl sites for hydroxylation is 1. The van der Waals surface area contributed by atoms with Crippen molar-refractivity contribution >= 4 is 5.78 Å². The van der Waals surface area contributed by atoms with Crippen molar-refractivity contribution in [2.45, 2.75) is 39.3 Å². The Hall–Kier alpha value is -1.91. The smallest absolute Gasteiger partial charge is 0.161 e. The van der Waals surface area contributed by atoms with Crippen molar-refractivity contribution in [1.82, 2.24) is 19.3 Å². The Morgan fingerprint density at radius 1 is 1.39 bits per heavy atom. The third-order valence-corrected chi connectivity index (χ3v) is 3.42. The van der Waals surface area contributed by atoms with Crippen molar-refractivity contribution in [3.63, 3.8) is 0 Å². The monoisotopic (exact) mass is 244 g/mol. The van der Waals surface area contributed by atoms with Gasteiger partial charge in [0.25, 0.3) is 0 Å². The first-order chi connectivity index (χ1) is 8.74. The Labute approximate surface area is 105 Å². The molecule has 0 spiro atoms. The summed E-state index contributed by atoms with van der Waals surface area (Å²) in [6.07, 6.45) is 7.21. The molecule has 0 N–H and O–H groups in total. The highest BCUT2D eigenvalue weighted by Gasteiger charge is 2.15. The summed E-state index contributed by atoms with van der Waals surface area (Å²) >= 11 is 0. The molecule has 2 aromatic rings. The average Bonchev–Trinajstić information content (AvgIpc) is 2.98. The zero-order chi connectivity index (χ0) is 12.5. The number of aromatic nitrogens is 4. The van der Waals surface area contributed by atoms with Crippen LogP contribution < -0.4 is 0 Å². The van der Waals surface area contributed by atoms with Crippen molar-refractivity contribution < 1.29 is 4.79 Å². The summed E-state index contributed by atoms with van der Waals surface area (Å²) in [6, 6.07) is 1.84. The molecule has 0 radical (unpaired) electrons. The van der Waals surface area contributed by atoms with E-state index in [-0.39, 0.29) is 5.78 Å². The van der Waals surface area contributed by atoms with Crippen LogP contribution in [0.4, 0.5) is 0 Å². The number of hydrogen-bond donors (Lipinski definition) is 0. The summed E-state index contributed by atoms with van der Waals surface area (Å²) in [7, 11) is 0. The first-order valence-corrected chi connectivity index (χ1v) is 6.32. The molecule has 0 atom stereocenters. The van der Waals surface area contributed by atoms with Crippen molar-refractivity contribution in [3.05, 3.63) is 35.7 Å². The normalized spacial score (nSPS) is 14.5. The first-order valence-electron chi connectivity index (χ1n) is 6.32. The van der Waals surface area contributed by atoms with Crippen molar-refractivity contribution in [2.75, 3.05) is 0 Å². The molecule has 5 nitrogen and oxygen atoms in total. The van der Waals surface area contributed by atoms with Crippen LogP contribution in [0, 0.1) is 0 Å². The van der Waals surface area contributed by atoms with E-state index >= 15 is 0 Å². The third-order valence-electron chi connectivity index (χ3n) is 3.42. The van der Waals surface area contributed by atoms with Gasteiger partial charge in [0.2, 0.25) is 0 Å². The molecular formula is C13H16N4O. The minimum absolute atomic E-state index is 0.0945. The van der Waals surface area contributed by atoms with Gasteiger partial charge in [-0.05, 0) is 25.8 Å². The number of rotatable bonds is 3. The Morgan fingerprint density at radius 3 is 3.06 bits per heavy atom. The fraction of sp³-hybridized carbons (Fsp3) is 0.462. The molecule has 0 saturated heterocycles. The Kier molecular flexibility index (Phi) is 2.74. The van der Waals surface area contributed by atoms with Gasteiger partial charge >= 0.3 is 0 Å². The molecule has 0 aromatic carbocycles. The lowest BCUT2D eigenvalue weighted by molar-refractivity contribution is 0.101. The second-order valence-electron chi connectivity index (χ2n) is 4.77. The van der Waals surface area contributed by atoms with E-state index in [9.17, 15) is 4.79 Å². The molecule has 5 heteroatoms. The van der Waals surface area contributed by atoms with Gasteiger partial charge in [-0.25, -0.2) is 0 Å². The molecule has 0 unspecified atom stereocenters. The molecule has 0 amide bonds. The number of carbonyl (C=O) groups is 1. The third kappa shape index (κ3) is 1.96. The van der Waals surface area contributed by atoms with Crippen LogP contribution in [0.15, 0.2) is 18.5 Å². The van der Waals surface area contributed by atoms with Crippen molar-refractivity contribution in [3.8, 4) is 0 Å². The highest BCUT2D eigenvalue weighted by atomic mass is 16.1. The molecular weight excluding hydrogens is 228 g/mol. The van der Waals surface area contributed by atoms with E-state index in [1.165, 1.54) is 12.8 Å². The second-order valence-corrected chi connectivity index (χ2v) is 4.77. The molecule has 1 aliphatic heterocycles. The predicted molar refractivity (Wildman–Crippen MR) is 66.5 cm³/mol. The lowest BCUT2D eigenvalue weighted by atomic mass is 10.2. The van der Waals surface area contributed by atoms with Crippen LogP contribution in [-0.4, -0.2) is 25.1 Å². The average molecular weight is 244 g/mol. The molecule has 94 valence electrons. The van der Waals surface area contributed by atoms with Gasteiger partial charge in [-0.3, -0.25) is 4.79 Å². The van der Waals surface area contributed by atoms with E-state index in [0.29, 0.717) is 6.54 Å². The topological polar surface area (TPSA) is 52.7 Å². The van der Waals surface area contributed by atoms with Gasteiger partial charge in [-0.1, -0.05) is 0 Å². The summed E-state index contributed by atoms with van der Waals surface area (Å²) in [5, 5.41) is 8.48. The molecule has 1 aliphatic rings. The SMILES string of the molecule is CC(=O)c1ccn(Cc2nnc3n2CCCC3)c1. The van der Waals surface area contributed by atoms with Crippen LogP contribution >= 0.6 is 0 Å². The minimum atomic E-state index is 0.0945. The van der Waals surface area contributed by atoms with E-state index in [1.54, 1.807) is 6.92 Å². The van der Waals surface area contributed by atoms with E-state index in [1.807, 2.05) is 23.0 Å². The number of fused-ring (bicyclic) bond motifs is 1. The molecule has 3 heterocycles. The summed E-state index contributed by atoms with van der Waals surface area (Å²) in [6.45, 7) is 3.28. The van der Waals surface area contributed by atoms with E-state index in [2.05, 4.69) is 14.8 Å². The zero-order valence-corrected chi connectivity index (χ0v) is 10.5. The number of hydrogen-bond acceptors (Lipinski definition) is 3. The largest absolute Gasteiger partial charge is 0.346 e. The van der Waals surface area contributed by atoms with Crippen LogP contribution in [0.3, 0.4) is 0 Å². The van der Waals surface area contributed by atoms with Crippen LogP contribution in [0.25, 0.3) is 0 Å². The van der Waals surface area contributed by atoms with E-state index in [4.69, 9.17) is 0 Å². The van der Waals surface area contributed by atoms with Gasteiger partial charge < -0.3 is 9.13 Å². The van der Waals surface area contributed by atoms with Crippen LogP contribution in [-0.2, 0) is 19.5 Å². The molecule has 2 aromatic heterocycles. The summed E-state index contributed by atoms with van der Waals surface area (Å²) in [4.78, 5) is 11.2. The van der Waals surface area contributed by atoms with Crippen LogP contribution in [0.1, 0.15) is 41.8 Å². The molecule has 0 bridgehead atoms. The molecule has 3 rings (SSSR count). The predicted octanol–water partition coefficient (Wildman–Crippen LogP) is 1.67. The maximum atomic E-state index is 11.2. The second kappa shape index (κ2) is 4.40. The van der Waals surface area contributed by atoms with E-state index < -0.39 is 0 Å². The maximum absolute atomic E-state index is 11.2. The fourth-order valence-electron chi connectivity index (χ4n) is 2.40. The van der Waals surface area contributed by atoms with Crippen LogP contribution in [0.2, 0.25) is 0 Å². The maximum Gasteiger partial charge on any atom is 0.161 e. The highest BCUT2D eigenvalue weighted by molar-refractivity contribution is 5.93. The summed E-state index contributed by atoms with van der Waals surface area (Å²) < 4.78 is 4.19. The van der Waals surface area contributed by atoms with Crippen molar-refractivity contribution in [1.29, 1.82) is 0 Å². The van der Waals surface area contributed by atoms with Gasteiger partial charge in [0.05, 0.1) is 6.54 Å². The fourth-order valence-corrected chi connectivity index (χ4v) is 2.40. The Morgan fingerprint density at radius 2 is 2.28 bits per heavy atom. The number of ketones is 1. The van der Waals surface area contributed by atoms with Gasteiger partial charge in [0.15, 0.2) is 11.6 Å². The number of nitrogens with zero attached hydrogens (tertiary/aromatic N) is 4. The lowest BCUT2D eigenvalue weighted by Gasteiger charge is -2.14. The van der Waals surface area contributed by atoms with Gasteiger partial charge in [-0.2, -0.15) is 0 Å². The zero-order valence-electron chi connectivity index (χ0n) is 10.5. The quantitative estimate of drug-likeness (QED) is 0.772. The number of carbonyl (C=O) groups excluding carboxylic acids is 1. The number of Topliss-reactive ketones (excluding diaryl/α,β-unsaturated/α-hetero) is 1. The van der Waals surface area contributed by atoms with Gasteiger partial charge in [0, 0.05) is 30.9 Å². The first kappa shape index (κ1) is 11.2. The van der Waals surface area contributed by atoms with Crippen molar-refractivity contribution in [2.24, 2.45) is 0 Å². The molecule has 18 heavy (non-hydrogen) atoms. The van der Waals surface area contributed by atoms with Gasteiger partial charge in [-0.15, -0.1) is 10.2 Å². The standard InChI is InChI=1S/C13H16N4O/c1-10(18)11-5-7-16(8-11)9-13-15-14-12-4-2-3-6-17(12)13/h5,7-8H,2-4,6,9H2,1H3. The Balaban J connectivity index is 1.83. The van der Waals surface area contributed by atoms with Gasteiger partial charge in [0.1, 0.15) is 5.82 Å². The summed E-state index contributed by atoms with van der Waals surface area (Å²) in [5.41, 5.74) is 0.744. The Bertz CT molecular complexity index is 582. The van der Waals surface area contributed by atoms with Crippen LogP contribution in [0.5, 0.6) is 0 Å². The lowest BCUT2D eigenvalue weighted by Crippen LogP contribution is -2.14. The summed E-state index contributed by atoms with van der Waals surface area (Å²) in [5.74, 6) is 2.17. The molecule has 0 aliphatic carbocycles.